The van der Waals surface area contributed by atoms with Crippen LogP contribution in [0.2, 0.25) is 5.02 Å². The van der Waals surface area contributed by atoms with Gasteiger partial charge in [-0.15, -0.1) is 0 Å². The number of benzene rings is 2. The minimum atomic E-state index is -0.488. The molecule has 6 heteroatoms. The number of carbonyl (C=O) groups is 1. The van der Waals surface area contributed by atoms with Gasteiger partial charge in [-0.05, 0) is 24.3 Å². The lowest BCUT2D eigenvalue weighted by Gasteiger charge is -2.17. The Morgan fingerprint density at radius 2 is 1.96 bits per heavy atom. The topological polar surface area (TPSA) is 55.5 Å². The summed E-state index contributed by atoms with van der Waals surface area (Å²) in [6, 6.07) is 14.4. The molecule has 3 aromatic rings. The molecule has 0 aliphatic heterocycles. The van der Waals surface area contributed by atoms with Crippen LogP contribution in [-0.2, 0) is 11.3 Å². The Balaban J connectivity index is 1.77. The molecule has 1 amide bonds. The molecule has 0 spiro atoms. The van der Waals surface area contributed by atoms with Crippen molar-refractivity contribution in [1.82, 2.24) is 4.57 Å². The van der Waals surface area contributed by atoms with Crippen LogP contribution in [-0.4, -0.2) is 17.5 Å². The summed E-state index contributed by atoms with van der Waals surface area (Å²) in [6.45, 7) is 0.253. The molecule has 1 aromatic heterocycles. The number of nitrogens with zero attached hydrogens (tertiary/aromatic N) is 2. The van der Waals surface area contributed by atoms with Crippen molar-refractivity contribution in [2.75, 3.05) is 11.9 Å². The number of para-hydroxylation sites is 1. The van der Waals surface area contributed by atoms with Crippen LogP contribution in [0.15, 0.2) is 57.7 Å². The van der Waals surface area contributed by atoms with E-state index in [1.807, 2.05) is 30.3 Å². The second-order valence-electron chi connectivity index (χ2n) is 5.17. The van der Waals surface area contributed by atoms with E-state index in [0.717, 1.165) is 5.69 Å². The van der Waals surface area contributed by atoms with Crippen LogP contribution in [0, 0.1) is 0 Å². The van der Waals surface area contributed by atoms with E-state index in [4.69, 9.17) is 16.0 Å². The minimum Gasteiger partial charge on any atom is -0.408 e. The standard InChI is InChI=1S/C17H15ClN2O3/c1-19(13-5-3-2-4-6-13)16(21)9-10-20-14-8-7-12(18)11-15(14)23-17(20)22/h2-8,11H,9-10H2,1H3. The normalized spacial score (nSPS) is 10.9. The third-order valence-corrected chi connectivity index (χ3v) is 3.93. The van der Waals surface area contributed by atoms with Crippen molar-refractivity contribution in [2.45, 2.75) is 13.0 Å². The molecule has 23 heavy (non-hydrogen) atoms. The first-order valence-corrected chi connectivity index (χ1v) is 7.54. The van der Waals surface area contributed by atoms with Gasteiger partial charge in [0.25, 0.3) is 0 Å². The number of carbonyl (C=O) groups excluding carboxylic acids is 1. The molecule has 118 valence electrons. The molecule has 0 N–H and O–H groups in total. The summed E-state index contributed by atoms with van der Waals surface area (Å²) in [5.74, 6) is -0.566. The number of aromatic nitrogens is 1. The molecule has 0 unspecified atom stereocenters. The van der Waals surface area contributed by atoms with Crippen LogP contribution in [0.5, 0.6) is 0 Å². The molecule has 2 aromatic carbocycles. The molecule has 0 atom stereocenters. The average Bonchev–Trinajstić information content (AvgIpc) is 2.87. The predicted molar refractivity (Wildman–Crippen MR) is 90.0 cm³/mol. The Bertz CT molecular complexity index is 899. The molecular weight excluding hydrogens is 316 g/mol. The number of anilines is 1. The first-order valence-electron chi connectivity index (χ1n) is 7.17. The maximum absolute atomic E-state index is 12.3. The predicted octanol–water partition coefficient (Wildman–Crippen LogP) is 3.30. The van der Waals surface area contributed by atoms with E-state index < -0.39 is 5.76 Å². The van der Waals surface area contributed by atoms with Crippen LogP contribution in [0.4, 0.5) is 5.69 Å². The van der Waals surface area contributed by atoms with E-state index in [1.165, 1.54) is 4.57 Å². The van der Waals surface area contributed by atoms with Gasteiger partial charge in [0.1, 0.15) is 0 Å². The highest BCUT2D eigenvalue weighted by molar-refractivity contribution is 6.31. The lowest BCUT2D eigenvalue weighted by Crippen LogP contribution is -2.28. The van der Waals surface area contributed by atoms with E-state index in [2.05, 4.69) is 0 Å². The molecule has 3 rings (SSSR count). The van der Waals surface area contributed by atoms with Crippen molar-refractivity contribution in [3.63, 3.8) is 0 Å². The van der Waals surface area contributed by atoms with Gasteiger partial charge >= 0.3 is 5.76 Å². The SMILES string of the molecule is CN(C(=O)CCn1c(=O)oc2cc(Cl)ccc21)c1ccccc1. The van der Waals surface area contributed by atoms with E-state index in [-0.39, 0.29) is 18.9 Å². The van der Waals surface area contributed by atoms with Crippen LogP contribution in [0.25, 0.3) is 11.1 Å². The number of amides is 1. The summed E-state index contributed by atoms with van der Waals surface area (Å²) in [7, 11) is 1.72. The number of rotatable bonds is 4. The summed E-state index contributed by atoms with van der Waals surface area (Å²) < 4.78 is 6.60. The average molecular weight is 331 g/mol. The van der Waals surface area contributed by atoms with Crippen molar-refractivity contribution in [2.24, 2.45) is 0 Å². The van der Waals surface area contributed by atoms with Gasteiger partial charge in [0.05, 0.1) is 5.52 Å². The molecule has 1 heterocycles. The summed E-state index contributed by atoms with van der Waals surface area (Å²) in [5, 5.41) is 0.498. The molecular formula is C17H15ClN2O3. The van der Waals surface area contributed by atoms with Crippen molar-refractivity contribution < 1.29 is 9.21 Å². The zero-order valence-electron chi connectivity index (χ0n) is 12.5. The first kappa shape index (κ1) is 15.4. The number of hydrogen-bond donors (Lipinski definition) is 0. The quantitative estimate of drug-likeness (QED) is 0.737. The molecule has 0 fully saturated rings. The van der Waals surface area contributed by atoms with Crippen molar-refractivity contribution in [1.29, 1.82) is 0 Å². The molecule has 0 radical (unpaired) electrons. The van der Waals surface area contributed by atoms with E-state index in [9.17, 15) is 9.59 Å². The lowest BCUT2D eigenvalue weighted by molar-refractivity contribution is -0.118. The number of aryl methyl sites for hydroxylation is 1. The van der Waals surface area contributed by atoms with Gasteiger partial charge in [0, 0.05) is 36.8 Å². The number of hydrogen-bond acceptors (Lipinski definition) is 3. The second kappa shape index (κ2) is 6.30. The molecule has 0 aliphatic carbocycles. The van der Waals surface area contributed by atoms with Crippen LogP contribution < -0.4 is 10.7 Å². The van der Waals surface area contributed by atoms with Crippen molar-refractivity contribution in [3.8, 4) is 0 Å². The zero-order chi connectivity index (χ0) is 16.4. The molecule has 0 bridgehead atoms. The highest BCUT2D eigenvalue weighted by Gasteiger charge is 2.14. The van der Waals surface area contributed by atoms with Crippen LogP contribution in [0.3, 0.4) is 0 Å². The second-order valence-corrected chi connectivity index (χ2v) is 5.61. The maximum Gasteiger partial charge on any atom is 0.419 e. The van der Waals surface area contributed by atoms with Crippen LogP contribution in [0.1, 0.15) is 6.42 Å². The first-order chi connectivity index (χ1) is 11.1. The van der Waals surface area contributed by atoms with E-state index in [0.29, 0.717) is 16.1 Å². The molecule has 0 aliphatic rings. The fourth-order valence-corrected chi connectivity index (χ4v) is 2.58. The van der Waals surface area contributed by atoms with Gasteiger partial charge < -0.3 is 9.32 Å². The van der Waals surface area contributed by atoms with Crippen molar-refractivity contribution in [3.05, 3.63) is 64.1 Å². The van der Waals surface area contributed by atoms with E-state index in [1.54, 1.807) is 30.1 Å². The Labute approximate surface area is 137 Å². The van der Waals surface area contributed by atoms with Crippen molar-refractivity contribution >= 4 is 34.3 Å². The summed E-state index contributed by atoms with van der Waals surface area (Å²) >= 11 is 5.89. The molecule has 5 nitrogen and oxygen atoms in total. The molecule has 0 saturated carbocycles. The van der Waals surface area contributed by atoms with Gasteiger partial charge in [-0.3, -0.25) is 9.36 Å². The Hall–Kier alpha value is -2.53. The summed E-state index contributed by atoms with van der Waals surface area (Å²) in [5.41, 5.74) is 1.87. The highest BCUT2D eigenvalue weighted by Crippen LogP contribution is 2.19. The minimum absolute atomic E-state index is 0.0774. The monoisotopic (exact) mass is 330 g/mol. The third-order valence-electron chi connectivity index (χ3n) is 3.70. The smallest absolute Gasteiger partial charge is 0.408 e. The third kappa shape index (κ3) is 3.14. The summed E-state index contributed by atoms with van der Waals surface area (Å²) in [6.07, 6.45) is 0.197. The maximum atomic E-state index is 12.3. The highest BCUT2D eigenvalue weighted by atomic mass is 35.5. The van der Waals surface area contributed by atoms with Gasteiger partial charge in [-0.25, -0.2) is 4.79 Å². The molecule has 0 saturated heterocycles. The zero-order valence-corrected chi connectivity index (χ0v) is 13.3. The van der Waals surface area contributed by atoms with Crippen LogP contribution >= 0.6 is 11.6 Å². The summed E-state index contributed by atoms with van der Waals surface area (Å²) in [4.78, 5) is 25.8. The number of oxazole rings is 1. The number of halogens is 1. The lowest BCUT2D eigenvalue weighted by atomic mass is 10.2. The fourth-order valence-electron chi connectivity index (χ4n) is 2.42. The van der Waals surface area contributed by atoms with E-state index >= 15 is 0 Å². The van der Waals surface area contributed by atoms with Gasteiger partial charge in [0.15, 0.2) is 5.58 Å². The Morgan fingerprint density at radius 1 is 1.22 bits per heavy atom. The Kier molecular flexibility index (Phi) is 4.21. The largest absolute Gasteiger partial charge is 0.419 e. The van der Waals surface area contributed by atoms with Gasteiger partial charge in [-0.1, -0.05) is 29.8 Å². The fraction of sp³-hybridized carbons (Fsp3) is 0.176. The van der Waals surface area contributed by atoms with Gasteiger partial charge in [-0.2, -0.15) is 0 Å². The number of fused-ring (bicyclic) bond motifs is 1. The van der Waals surface area contributed by atoms with Gasteiger partial charge in [0.2, 0.25) is 5.91 Å². The Morgan fingerprint density at radius 3 is 2.70 bits per heavy atom.